The van der Waals surface area contributed by atoms with Gasteiger partial charge in [-0.1, -0.05) is 287 Å². The summed E-state index contributed by atoms with van der Waals surface area (Å²) >= 11 is 0. The van der Waals surface area contributed by atoms with Crippen LogP contribution in [0.5, 0.6) is 0 Å². The number of anilines is 6. The van der Waals surface area contributed by atoms with Crippen LogP contribution < -0.4 is 26.2 Å². The fourth-order valence-electron chi connectivity index (χ4n) is 17.9. The number of hydrogen-bond acceptors (Lipinski definition) is 4. The van der Waals surface area contributed by atoms with E-state index < -0.39 is 109 Å². The molecule has 0 fully saturated rings. The highest BCUT2D eigenvalue weighted by molar-refractivity contribution is 7.00. The average molecular weight is 1460 g/mol. The molecule has 0 aliphatic carbocycles. The minimum absolute atomic E-state index is 0.0761. The molecule has 0 saturated carbocycles. The van der Waals surface area contributed by atoms with Crippen LogP contribution in [0, 0.1) is 0 Å². The standard InChI is InChI=1S/C106H71BN4O2/c1-106(2,3)72-62-95-103-96(63-72)111(105-84(69-36-14-7-15-37-69)59-71(67-32-10-5-11-33-67)61-86(105)80-45-29-53-100-102(80)82-43-21-27-51-98(82)113-100)94-65-74(109-91-48-24-18-40-77(91)78-41-19-25-49-92(78)109)55-57-88(94)107(103)87-56-54-73(108-89-46-22-16-38-75(89)76-39-17-23-47-90(76)108)64-93(87)110(95)104-83(68-34-12-6-13-35-68)58-70(66-30-8-4-9-31-66)60-85(104)79-44-28-52-99-101(79)81-42-20-26-50-97(81)112-99/h4-65H,1-3H3/i16D,17D,18D,19D,22D,23D,24D,25D,38D,39D,40D,41D,46D,47D,48D,49D. The van der Waals surface area contributed by atoms with Gasteiger partial charge in [0.2, 0.25) is 0 Å². The second-order valence-electron chi connectivity index (χ2n) is 30.2. The van der Waals surface area contributed by atoms with Gasteiger partial charge in [-0.05, 0) is 181 Å². The molecule has 7 heteroatoms. The van der Waals surface area contributed by atoms with Crippen LogP contribution in [0.2, 0.25) is 0 Å². The van der Waals surface area contributed by atoms with Crippen LogP contribution in [0.25, 0.3) is 166 Å². The Morgan fingerprint density at radius 3 is 1.02 bits per heavy atom. The van der Waals surface area contributed by atoms with Gasteiger partial charge in [-0.2, -0.15) is 0 Å². The number of aromatic nitrogens is 2. The highest BCUT2D eigenvalue weighted by Crippen LogP contribution is 2.57. The van der Waals surface area contributed by atoms with Crippen LogP contribution in [0.15, 0.2) is 385 Å². The summed E-state index contributed by atoms with van der Waals surface area (Å²) in [6.45, 7) is 5.67. The SMILES string of the molecule is [2H]c1c([2H])c([2H])c2c(c1[2H])c1c([2H])c([2H])c([2H])c([2H])c1n2-c1ccc2c(c1)N(c1c(-c3ccccc3)cc(-c3ccccc3)cc1-c1cccc3oc4ccccc4c13)c1cc(C(C)(C)C)cc3c1B2c1ccc(-n2c4c([2H])c([2H])c([2H])c([2H])c4c4c([2H])c([2H])c([2H])c([2H])c42)cc1N3c1c(-c2ccccc2)cc(-c2ccccc2)cc1-c1cccc2oc3ccccc3c12. The van der Waals surface area contributed by atoms with Crippen molar-refractivity contribution < 1.29 is 30.8 Å². The number of nitrogens with zero attached hydrogens (tertiary/aromatic N) is 4. The first kappa shape index (κ1) is 50.3. The van der Waals surface area contributed by atoms with Crippen molar-refractivity contribution in [2.24, 2.45) is 0 Å². The summed E-state index contributed by atoms with van der Waals surface area (Å²) in [7, 11) is 0. The maximum Gasteiger partial charge on any atom is 0.252 e. The molecule has 2 aliphatic heterocycles. The molecule has 17 aromatic carbocycles. The van der Waals surface area contributed by atoms with Gasteiger partial charge in [0.15, 0.2) is 0 Å². The first-order valence-corrected chi connectivity index (χ1v) is 37.8. The highest BCUT2D eigenvalue weighted by Gasteiger charge is 2.47. The Morgan fingerprint density at radius 2 is 0.628 bits per heavy atom. The van der Waals surface area contributed by atoms with Crippen LogP contribution in [-0.2, 0) is 5.41 Å². The third kappa shape index (κ3) is 9.94. The minimum atomic E-state index is -0.855. The van der Waals surface area contributed by atoms with Gasteiger partial charge in [0.25, 0.3) is 6.71 Å². The fraction of sp³-hybridized carbons (Fsp3) is 0.0377. The molecule has 0 amide bonds. The molecule has 4 aromatic heterocycles. The molecule has 0 radical (unpaired) electrons. The van der Waals surface area contributed by atoms with Crippen LogP contribution in [0.3, 0.4) is 0 Å². The summed E-state index contributed by atoms with van der Waals surface area (Å²) < 4.78 is 171. The van der Waals surface area contributed by atoms with Gasteiger partial charge < -0.3 is 27.8 Å². The molecule has 2 aliphatic rings. The van der Waals surface area contributed by atoms with Crippen molar-refractivity contribution in [3.05, 3.63) is 381 Å². The summed E-state index contributed by atoms with van der Waals surface area (Å²) in [6, 6.07) is 86.0. The van der Waals surface area contributed by atoms with Gasteiger partial charge in [0.05, 0.1) is 55.4 Å². The van der Waals surface area contributed by atoms with Gasteiger partial charge >= 0.3 is 0 Å². The van der Waals surface area contributed by atoms with E-state index in [0.717, 1.165) is 99.3 Å². The minimum Gasteiger partial charge on any atom is -0.456 e. The van der Waals surface area contributed by atoms with Crippen molar-refractivity contribution in [1.29, 1.82) is 0 Å². The predicted molar refractivity (Wildman–Crippen MR) is 475 cm³/mol. The predicted octanol–water partition coefficient (Wildman–Crippen LogP) is 27.1. The van der Waals surface area contributed by atoms with Crippen molar-refractivity contribution >= 4 is 145 Å². The largest absolute Gasteiger partial charge is 0.456 e. The quantitative estimate of drug-likeness (QED) is 0.128. The molecule has 0 atom stereocenters. The number of fused-ring (bicyclic) bond motifs is 16. The number of para-hydroxylation sites is 6. The van der Waals surface area contributed by atoms with Crippen LogP contribution in [0.4, 0.5) is 34.1 Å². The second kappa shape index (κ2) is 25.1. The Bertz CT molecular complexity index is 7880. The molecular weight excluding hydrogens is 1370 g/mol. The zero-order valence-electron chi connectivity index (χ0n) is 77.2. The first-order valence-electron chi connectivity index (χ1n) is 45.8. The summed E-state index contributed by atoms with van der Waals surface area (Å²) in [5.41, 5.74) is 19.0. The van der Waals surface area contributed by atoms with Crippen molar-refractivity contribution in [3.8, 4) is 78.1 Å². The number of benzene rings is 17. The summed E-state index contributed by atoms with van der Waals surface area (Å²) in [6.07, 6.45) is 0. The Hall–Kier alpha value is -14.4. The maximum atomic E-state index is 10.0. The topological polar surface area (TPSA) is 42.6 Å². The number of hydrogen-bond donors (Lipinski definition) is 0. The van der Waals surface area contributed by atoms with E-state index in [0.29, 0.717) is 67.4 Å². The van der Waals surface area contributed by atoms with E-state index in [1.165, 1.54) is 0 Å². The van der Waals surface area contributed by atoms with Crippen molar-refractivity contribution in [1.82, 2.24) is 9.13 Å². The van der Waals surface area contributed by atoms with Crippen molar-refractivity contribution in [2.75, 3.05) is 9.80 Å². The third-order valence-corrected chi connectivity index (χ3v) is 22.9. The molecule has 530 valence electrons. The molecule has 0 N–H and O–H groups in total. The lowest BCUT2D eigenvalue weighted by atomic mass is 9.33. The molecule has 6 nitrogen and oxygen atoms in total. The van der Waals surface area contributed by atoms with Crippen LogP contribution >= 0.6 is 0 Å². The molecule has 0 bridgehead atoms. The van der Waals surface area contributed by atoms with Crippen molar-refractivity contribution in [3.63, 3.8) is 0 Å². The Balaban J connectivity index is 0.948. The van der Waals surface area contributed by atoms with E-state index in [2.05, 4.69) is 140 Å². The van der Waals surface area contributed by atoms with E-state index in [1.54, 1.807) is 9.13 Å². The lowest BCUT2D eigenvalue weighted by Crippen LogP contribution is -2.61. The zero-order valence-corrected chi connectivity index (χ0v) is 61.2. The molecule has 23 rings (SSSR count). The fourth-order valence-corrected chi connectivity index (χ4v) is 17.9. The summed E-state index contributed by atoms with van der Waals surface area (Å²) in [5.74, 6) is 0. The van der Waals surface area contributed by atoms with E-state index in [-0.39, 0.29) is 55.0 Å². The summed E-state index contributed by atoms with van der Waals surface area (Å²) in [4.78, 5) is 4.67. The lowest BCUT2D eigenvalue weighted by Gasteiger charge is -2.46. The normalized spacial score (nSPS) is 14.7. The molecular formula is C106H71BN4O2. The summed E-state index contributed by atoms with van der Waals surface area (Å²) in [5, 5.41) is 3.03. The van der Waals surface area contributed by atoms with Gasteiger partial charge in [0.1, 0.15) is 22.3 Å². The molecule has 0 saturated heterocycles. The number of rotatable bonds is 10. The van der Waals surface area contributed by atoms with Gasteiger partial charge in [0, 0.05) is 99.5 Å². The third-order valence-electron chi connectivity index (χ3n) is 22.9. The molecule has 0 spiro atoms. The van der Waals surface area contributed by atoms with E-state index in [1.807, 2.05) is 170 Å². The molecule has 0 unspecified atom stereocenters. The van der Waals surface area contributed by atoms with Crippen molar-refractivity contribution in [2.45, 2.75) is 26.2 Å². The first-order chi connectivity index (χ1) is 62.4. The smallest absolute Gasteiger partial charge is 0.252 e. The zero-order chi connectivity index (χ0) is 88.7. The molecule has 113 heavy (non-hydrogen) atoms. The Kier molecular flexibility index (Phi) is 11.2. The Morgan fingerprint density at radius 1 is 0.283 bits per heavy atom. The number of furan rings is 2. The van der Waals surface area contributed by atoms with Crippen LogP contribution in [-0.4, -0.2) is 15.8 Å². The molecule has 21 aromatic rings. The van der Waals surface area contributed by atoms with E-state index in [4.69, 9.17) is 8.83 Å². The lowest BCUT2D eigenvalue weighted by molar-refractivity contribution is 0.590. The Labute approximate surface area is 676 Å². The maximum absolute atomic E-state index is 10.0. The molecule has 6 heterocycles. The monoisotopic (exact) mass is 1460 g/mol. The van der Waals surface area contributed by atoms with Crippen LogP contribution in [0.1, 0.15) is 48.3 Å². The average Bonchev–Trinajstić information content (AvgIpc) is 1.10. The van der Waals surface area contributed by atoms with Gasteiger partial charge in [-0.3, -0.25) is 0 Å². The van der Waals surface area contributed by atoms with E-state index in [9.17, 15) is 21.9 Å². The second-order valence-corrected chi connectivity index (χ2v) is 30.2. The highest BCUT2D eigenvalue weighted by atomic mass is 16.3. The van der Waals surface area contributed by atoms with E-state index >= 15 is 0 Å². The van der Waals surface area contributed by atoms with Gasteiger partial charge in [-0.25, -0.2) is 0 Å². The van der Waals surface area contributed by atoms with Gasteiger partial charge in [-0.15, -0.1) is 0 Å².